The lowest BCUT2D eigenvalue weighted by Crippen LogP contribution is -2.29. The normalized spacial score (nSPS) is 13.6. The molecule has 3 aromatic rings. The molecule has 3 heterocycles. The van der Waals surface area contributed by atoms with Crippen LogP contribution in [0.2, 0.25) is 5.15 Å². The molecule has 0 bridgehead atoms. The number of nitrogens with zero attached hydrogens (tertiary/aromatic N) is 4. The predicted octanol–water partition coefficient (Wildman–Crippen LogP) is 4.40. The Hall–Kier alpha value is -3.44. The molecule has 0 aliphatic carbocycles. The minimum atomic E-state index is -3.54. The highest BCUT2D eigenvalue weighted by molar-refractivity contribution is 7.92. The van der Waals surface area contributed by atoms with Crippen LogP contribution < -0.4 is 14.4 Å². The highest BCUT2D eigenvalue weighted by atomic mass is 35.5. The highest BCUT2D eigenvalue weighted by Gasteiger charge is 2.26. The monoisotopic (exact) mass is 545 g/mol. The predicted molar refractivity (Wildman–Crippen MR) is 142 cm³/mol. The van der Waals surface area contributed by atoms with Crippen LogP contribution in [0.1, 0.15) is 52.8 Å². The summed E-state index contributed by atoms with van der Waals surface area (Å²) in [5.41, 5.74) is 4.96. The fourth-order valence-electron chi connectivity index (χ4n) is 4.52. The molecule has 0 radical (unpaired) electrons. The lowest BCUT2D eigenvalue weighted by molar-refractivity contribution is 0.0683. The molecule has 12 heteroatoms. The number of rotatable bonds is 6. The van der Waals surface area contributed by atoms with Crippen molar-refractivity contribution in [2.24, 2.45) is 0 Å². The number of fused-ring (bicyclic) bond motifs is 1. The van der Waals surface area contributed by atoms with Gasteiger partial charge in [0.15, 0.2) is 5.15 Å². The van der Waals surface area contributed by atoms with E-state index in [1.807, 2.05) is 37.8 Å². The molecule has 0 amide bonds. The number of sulfonamides is 1. The number of aromatic nitrogens is 3. The van der Waals surface area contributed by atoms with Crippen LogP contribution >= 0.6 is 11.6 Å². The molecule has 1 aliphatic rings. The topological polar surface area (TPSA) is 135 Å². The summed E-state index contributed by atoms with van der Waals surface area (Å²) in [6, 6.07) is 5.54. The van der Waals surface area contributed by atoms with Crippen LogP contribution in [-0.4, -0.2) is 53.9 Å². The molecule has 0 fully saturated rings. The molecule has 196 valence electrons. The molecule has 2 aromatic heterocycles. The third-order valence-corrected chi connectivity index (χ3v) is 6.86. The Morgan fingerprint density at radius 1 is 1.19 bits per heavy atom. The van der Waals surface area contributed by atoms with Gasteiger partial charge in [0.1, 0.15) is 18.2 Å². The first kappa shape index (κ1) is 26.6. The van der Waals surface area contributed by atoms with Crippen LogP contribution in [0.25, 0.3) is 11.1 Å². The summed E-state index contributed by atoms with van der Waals surface area (Å²) < 4.78 is 32.0. The summed E-state index contributed by atoms with van der Waals surface area (Å²) >= 11 is 6.11. The van der Waals surface area contributed by atoms with Crippen molar-refractivity contribution in [3.8, 4) is 16.9 Å². The van der Waals surface area contributed by atoms with Gasteiger partial charge >= 0.3 is 5.97 Å². The summed E-state index contributed by atoms with van der Waals surface area (Å²) in [6.45, 7) is 9.10. The van der Waals surface area contributed by atoms with Gasteiger partial charge in [0.05, 0.1) is 18.5 Å². The van der Waals surface area contributed by atoms with Gasteiger partial charge in [0, 0.05) is 35.1 Å². The fourth-order valence-corrected chi connectivity index (χ4v) is 5.28. The average Bonchev–Trinajstić information content (AvgIpc) is 3.01. The number of carboxylic acids is 1. The van der Waals surface area contributed by atoms with Gasteiger partial charge in [-0.05, 0) is 49.1 Å². The molecular formula is C25H28ClN5O5S. The second kappa shape index (κ2) is 10.1. The van der Waals surface area contributed by atoms with Crippen LogP contribution in [0.15, 0.2) is 24.4 Å². The maximum Gasteiger partial charge on any atom is 0.374 e. The Kier molecular flexibility index (Phi) is 7.29. The molecule has 0 saturated heterocycles. The van der Waals surface area contributed by atoms with Gasteiger partial charge in [-0.3, -0.25) is 4.72 Å². The first-order valence-corrected chi connectivity index (χ1v) is 13.9. The van der Waals surface area contributed by atoms with Crippen molar-refractivity contribution >= 4 is 39.1 Å². The van der Waals surface area contributed by atoms with E-state index in [2.05, 4.69) is 19.7 Å². The zero-order valence-electron chi connectivity index (χ0n) is 21.2. The van der Waals surface area contributed by atoms with Crippen molar-refractivity contribution in [2.75, 3.05) is 29.0 Å². The lowest BCUT2D eigenvalue weighted by atomic mass is 9.99. The number of carboxylic acid groups (broad SMARTS) is 1. The molecule has 4 rings (SSSR count). The van der Waals surface area contributed by atoms with Crippen LogP contribution in [0.5, 0.6) is 5.75 Å². The standard InChI is InChI=1S/C25H28ClN5O5S/c1-13(2)20-15(4)28-23(25(32)33)29-24(20)31-6-7-36-21-14(3)8-16(9-18(21)12-31)17-10-19(22(26)27-11-17)30-37(5,34)35/h8-11,13,30H,6-7,12H2,1-5H3,(H,32,33). The van der Waals surface area contributed by atoms with Crippen LogP contribution in [0.4, 0.5) is 11.5 Å². The molecule has 10 nitrogen and oxygen atoms in total. The van der Waals surface area contributed by atoms with Gasteiger partial charge < -0.3 is 14.7 Å². The fraction of sp³-hybridized carbons (Fsp3) is 0.360. The van der Waals surface area contributed by atoms with Crippen molar-refractivity contribution in [2.45, 2.75) is 40.2 Å². The Bertz CT molecular complexity index is 1490. The largest absolute Gasteiger partial charge is 0.491 e. The maximum absolute atomic E-state index is 11.8. The molecule has 1 aliphatic heterocycles. The van der Waals surface area contributed by atoms with Crippen LogP contribution in [-0.2, 0) is 16.6 Å². The van der Waals surface area contributed by atoms with Crippen molar-refractivity contribution in [1.29, 1.82) is 0 Å². The average molecular weight is 546 g/mol. The van der Waals surface area contributed by atoms with Crippen molar-refractivity contribution in [3.63, 3.8) is 0 Å². The maximum atomic E-state index is 11.8. The summed E-state index contributed by atoms with van der Waals surface area (Å²) in [7, 11) is -3.54. The lowest BCUT2D eigenvalue weighted by Gasteiger charge is -2.26. The number of nitrogens with one attached hydrogen (secondary N) is 1. The summed E-state index contributed by atoms with van der Waals surface area (Å²) in [5, 5.41) is 9.61. The first-order chi connectivity index (χ1) is 17.3. The van der Waals surface area contributed by atoms with Gasteiger partial charge in [-0.25, -0.2) is 28.2 Å². The van der Waals surface area contributed by atoms with Crippen molar-refractivity contribution in [1.82, 2.24) is 15.0 Å². The molecule has 37 heavy (non-hydrogen) atoms. The molecule has 0 unspecified atom stereocenters. The number of hydrogen-bond acceptors (Lipinski definition) is 8. The Labute approximate surface area is 220 Å². The van der Waals surface area contributed by atoms with Gasteiger partial charge in [-0.2, -0.15) is 0 Å². The molecular weight excluding hydrogens is 518 g/mol. The van der Waals surface area contributed by atoms with Gasteiger partial charge in [-0.1, -0.05) is 25.4 Å². The minimum Gasteiger partial charge on any atom is -0.491 e. The Morgan fingerprint density at radius 3 is 2.57 bits per heavy atom. The van der Waals surface area contributed by atoms with Gasteiger partial charge in [0.25, 0.3) is 0 Å². The quantitative estimate of drug-likeness (QED) is 0.432. The minimum absolute atomic E-state index is 0.0461. The molecule has 1 aromatic carbocycles. The Morgan fingerprint density at radius 2 is 1.92 bits per heavy atom. The highest BCUT2D eigenvalue weighted by Crippen LogP contribution is 2.37. The number of benzene rings is 1. The summed E-state index contributed by atoms with van der Waals surface area (Å²) in [4.78, 5) is 26.5. The van der Waals surface area contributed by atoms with E-state index in [0.717, 1.165) is 34.3 Å². The second-order valence-corrected chi connectivity index (χ2v) is 11.4. The first-order valence-electron chi connectivity index (χ1n) is 11.6. The number of anilines is 2. The number of carbonyl (C=O) groups is 1. The smallest absolute Gasteiger partial charge is 0.374 e. The van der Waals surface area contributed by atoms with Crippen molar-refractivity contribution < 1.29 is 23.1 Å². The molecule has 0 atom stereocenters. The number of pyridine rings is 1. The second-order valence-electron chi connectivity index (χ2n) is 9.32. The zero-order valence-corrected chi connectivity index (χ0v) is 22.7. The molecule has 0 saturated carbocycles. The van der Waals surface area contributed by atoms with E-state index in [9.17, 15) is 18.3 Å². The van der Waals surface area contributed by atoms with E-state index in [0.29, 0.717) is 36.8 Å². The number of ether oxygens (including phenoxy) is 1. The third kappa shape index (κ3) is 5.78. The number of hydrogen-bond donors (Lipinski definition) is 2. The van der Waals surface area contributed by atoms with Crippen molar-refractivity contribution in [3.05, 3.63) is 57.8 Å². The number of halogens is 1. The number of aryl methyl sites for hydroxylation is 2. The van der Waals surface area contributed by atoms with E-state index >= 15 is 0 Å². The van der Waals surface area contributed by atoms with E-state index < -0.39 is 16.0 Å². The summed E-state index contributed by atoms with van der Waals surface area (Å²) in [5.74, 6) is -0.0240. The molecule has 2 N–H and O–H groups in total. The van der Waals surface area contributed by atoms with Gasteiger partial charge in [0.2, 0.25) is 15.8 Å². The zero-order chi connectivity index (χ0) is 27.1. The third-order valence-electron chi connectivity index (χ3n) is 5.97. The van der Waals surface area contributed by atoms with E-state index in [4.69, 9.17) is 16.3 Å². The number of aromatic carboxylic acids is 1. The Balaban J connectivity index is 1.79. The van der Waals surface area contributed by atoms with Crippen LogP contribution in [0.3, 0.4) is 0 Å². The van der Waals surface area contributed by atoms with Gasteiger partial charge in [-0.15, -0.1) is 0 Å². The molecule has 0 spiro atoms. The summed E-state index contributed by atoms with van der Waals surface area (Å²) in [6.07, 6.45) is 2.63. The van der Waals surface area contributed by atoms with E-state index in [1.54, 1.807) is 19.2 Å². The van der Waals surface area contributed by atoms with E-state index in [-0.39, 0.29) is 22.6 Å². The SMILES string of the molecule is Cc1cc(-c2cnc(Cl)c(NS(C)(=O)=O)c2)cc2c1OCCN(c1nc(C(=O)O)nc(C)c1C(C)C)C2. The van der Waals surface area contributed by atoms with E-state index in [1.165, 1.54) is 0 Å². The van der Waals surface area contributed by atoms with Crippen LogP contribution in [0, 0.1) is 13.8 Å².